The number of rotatable bonds is 12. The zero-order valence-electron chi connectivity index (χ0n) is 26.1. The van der Waals surface area contributed by atoms with Crippen molar-refractivity contribution in [3.05, 3.63) is 81.3 Å². The third kappa shape index (κ3) is 8.23. The Morgan fingerprint density at radius 3 is 2.16 bits per heavy atom. The van der Waals surface area contributed by atoms with Crippen LogP contribution in [0.25, 0.3) is 0 Å². The first-order valence-corrected chi connectivity index (χ1v) is 16.9. The van der Waals surface area contributed by atoms with E-state index in [-0.39, 0.29) is 29.1 Å². The van der Waals surface area contributed by atoms with Gasteiger partial charge in [-0.25, -0.2) is 8.42 Å². The van der Waals surface area contributed by atoms with Crippen molar-refractivity contribution in [2.45, 2.75) is 70.0 Å². The highest BCUT2D eigenvalue weighted by atomic mass is 35.5. The largest absolute Gasteiger partial charge is 0.493 e. The molecule has 0 spiro atoms. The summed E-state index contributed by atoms with van der Waals surface area (Å²) < 4.78 is 40.3. The van der Waals surface area contributed by atoms with Crippen molar-refractivity contribution in [1.82, 2.24) is 10.2 Å². The van der Waals surface area contributed by atoms with Crippen molar-refractivity contribution >= 4 is 50.7 Å². The lowest BCUT2D eigenvalue weighted by Gasteiger charge is -2.32. The molecule has 1 fully saturated rings. The molecule has 4 rings (SSSR count). The first-order valence-electron chi connectivity index (χ1n) is 14.7. The van der Waals surface area contributed by atoms with Crippen LogP contribution in [-0.4, -0.2) is 58.0 Å². The minimum absolute atomic E-state index is 0.00602. The first kappa shape index (κ1) is 34.4. The van der Waals surface area contributed by atoms with Crippen LogP contribution in [0.5, 0.6) is 11.5 Å². The van der Waals surface area contributed by atoms with Gasteiger partial charge in [-0.3, -0.25) is 13.9 Å². The molecule has 12 heteroatoms. The number of sulfonamides is 1. The number of hydrogen-bond acceptors (Lipinski definition) is 6. The number of anilines is 1. The van der Waals surface area contributed by atoms with Gasteiger partial charge in [0.05, 0.1) is 34.8 Å². The number of carbonyl (C=O) groups is 2. The fraction of sp³-hybridized carbons (Fsp3) is 0.394. The molecule has 9 nitrogen and oxygen atoms in total. The van der Waals surface area contributed by atoms with Crippen LogP contribution < -0.4 is 19.1 Å². The Morgan fingerprint density at radius 1 is 0.911 bits per heavy atom. The average Bonchev–Trinajstić information content (AvgIpc) is 3.51. The number of benzene rings is 3. The predicted octanol–water partition coefficient (Wildman–Crippen LogP) is 6.30. The maximum Gasteiger partial charge on any atom is 0.264 e. The number of amides is 2. The highest BCUT2D eigenvalue weighted by Crippen LogP contribution is 2.33. The summed E-state index contributed by atoms with van der Waals surface area (Å²) in [6, 6.07) is 13.7. The summed E-state index contributed by atoms with van der Waals surface area (Å²) >= 11 is 12.4. The van der Waals surface area contributed by atoms with Crippen LogP contribution in [0, 0.1) is 13.8 Å². The minimum atomic E-state index is -4.31. The van der Waals surface area contributed by atoms with Gasteiger partial charge in [0, 0.05) is 18.7 Å². The summed E-state index contributed by atoms with van der Waals surface area (Å²) in [7, 11) is -1.44. The van der Waals surface area contributed by atoms with Gasteiger partial charge in [-0.05, 0) is 86.7 Å². The number of nitrogens with zero attached hydrogens (tertiary/aromatic N) is 2. The van der Waals surface area contributed by atoms with E-state index in [9.17, 15) is 18.0 Å². The number of hydrogen-bond donors (Lipinski definition) is 1. The van der Waals surface area contributed by atoms with E-state index in [0.717, 1.165) is 41.1 Å². The Labute approximate surface area is 275 Å². The molecule has 1 aliphatic rings. The Balaban J connectivity index is 1.75. The molecule has 1 unspecified atom stereocenters. The van der Waals surface area contributed by atoms with Crippen molar-refractivity contribution in [1.29, 1.82) is 0 Å². The molecule has 1 N–H and O–H groups in total. The number of aryl methyl sites for hydroxylation is 2. The van der Waals surface area contributed by atoms with Crippen molar-refractivity contribution in [3.63, 3.8) is 0 Å². The summed E-state index contributed by atoms with van der Waals surface area (Å²) in [5, 5.41) is 3.72. The molecule has 0 aromatic heterocycles. The number of nitrogens with one attached hydrogen (secondary N) is 1. The van der Waals surface area contributed by atoms with Crippen LogP contribution >= 0.6 is 23.2 Å². The second kappa shape index (κ2) is 14.7. The van der Waals surface area contributed by atoms with Crippen molar-refractivity contribution in [3.8, 4) is 11.5 Å². The van der Waals surface area contributed by atoms with Crippen LogP contribution in [0.2, 0.25) is 10.0 Å². The monoisotopic (exact) mass is 675 g/mol. The second-order valence-corrected chi connectivity index (χ2v) is 14.0. The first-order chi connectivity index (χ1) is 21.3. The summed E-state index contributed by atoms with van der Waals surface area (Å²) in [5.41, 5.74) is 2.59. The number of carbonyl (C=O) groups excluding carboxylic acids is 2. The Kier molecular flexibility index (Phi) is 11.3. The van der Waals surface area contributed by atoms with Crippen LogP contribution in [0.4, 0.5) is 5.69 Å². The van der Waals surface area contributed by atoms with E-state index in [2.05, 4.69) is 5.32 Å². The number of halogens is 2. The fourth-order valence-corrected chi connectivity index (χ4v) is 7.27. The lowest BCUT2D eigenvalue weighted by atomic mass is 10.1. The van der Waals surface area contributed by atoms with Crippen molar-refractivity contribution in [2.24, 2.45) is 0 Å². The van der Waals surface area contributed by atoms with Gasteiger partial charge in [0.2, 0.25) is 11.8 Å². The van der Waals surface area contributed by atoms with Crippen LogP contribution in [-0.2, 0) is 26.2 Å². The second-order valence-electron chi connectivity index (χ2n) is 11.3. The van der Waals surface area contributed by atoms with Crippen LogP contribution in [0.15, 0.2) is 59.5 Å². The normalized spacial score (nSPS) is 14.1. The van der Waals surface area contributed by atoms with Gasteiger partial charge in [-0.15, -0.1) is 0 Å². The van der Waals surface area contributed by atoms with E-state index in [1.54, 1.807) is 37.3 Å². The Morgan fingerprint density at radius 2 is 1.56 bits per heavy atom. The molecule has 0 radical (unpaired) electrons. The van der Waals surface area contributed by atoms with Gasteiger partial charge in [-0.2, -0.15) is 0 Å². The van der Waals surface area contributed by atoms with Crippen LogP contribution in [0.3, 0.4) is 0 Å². The predicted molar refractivity (Wildman–Crippen MR) is 177 cm³/mol. The lowest BCUT2D eigenvalue weighted by Crippen LogP contribution is -2.52. The van der Waals surface area contributed by atoms with Crippen molar-refractivity contribution in [2.75, 3.05) is 25.1 Å². The van der Waals surface area contributed by atoms with Gasteiger partial charge in [0.15, 0.2) is 11.5 Å². The van der Waals surface area contributed by atoms with Gasteiger partial charge in [0.25, 0.3) is 10.0 Å². The quantitative estimate of drug-likeness (QED) is 0.242. The van der Waals surface area contributed by atoms with Gasteiger partial charge < -0.3 is 19.7 Å². The molecule has 2 amide bonds. The summed E-state index contributed by atoms with van der Waals surface area (Å²) in [6.45, 7) is 4.79. The molecule has 1 aliphatic carbocycles. The molecular weight excluding hydrogens is 637 g/mol. The zero-order valence-corrected chi connectivity index (χ0v) is 28.4. The molecule has 45 heavy (non-hydrogen) atoms. The minimum Gasteiger partial charge on any atom is -0.493 e. The highest BCUT2D eigenvalue weighted by Gasteiger charge is 2.34. The standard InChI is InChI=1S/C33H39Cl2N3O6S/c1-21-14-22(2)16-26(15-21)38(45(41,42)27-11-13-30(43-4)31(18-27)44-5)20-32(39)37(19-24-10-12-28(34)29(35)17-24)23(3)33(40)36-25-8-6-7-9-25/h10-18,23,25H,6-9,19-20H2,1-5H3,(H,36,40). The van der Waals surface area contributed by atoms with E-state index in [0.29, 0.717) is 27.0 Å². The highest BCUT2D eigenvalue weighted by molar-refractivity contribution is 7.92. The average molecular weight is 677 g/mol. The van der Waals surface area contributed by atoms with E-state index < -0.39 is 28.5 Å². The molecule has 0 bridgehead atoms. The maximum absolute atomic E-state index is 14.3. The molecule has 0 heterocycles. The van der Waals surface area contributed by atoms with Gasteiger partial charge in [-0.1, -0.05) is 48.2 Å². The molecule has 3 aromatic carbocycles. The summed E-state index contributed by atoms with van der Waals surface area (Å²) in [6.07, 6.45) is 3.82. The summed E-state index contributed by atoms with van der Waals surface area (Å²) in [4.78, 5) is 29.0. The van der Waals surface area contributed by atoms with E-state index in [4.69, 9.17) is 32.7 Å². The molecule has 0 aliphatic heterocycles. The van der Waals surface area contributed by atoms with Gasteiger partial charge >= 0.3 is 0 Å². The number of methoxy groups -OCH3 is 2. The third-order valence-electron chi connectivity index (χ3n) is 7.92. The van der Waals surface area contributed by atoms with E-state index in [1.165, 1.54) is 37.3 Å². The third-order valence-corrected chi connectivity index (χ3v) is 10.4. The smallest absolute Gasteiger partial charge is 0.264 e. The zero-order chi connectivity index (χ0) is 32.9. The van der Waals surface area contributed by atoms with Crippen molar-refractivity contribution < 1.29 is 27.5 Å². The Hall–Kier alpha value is -3.47. The molecule has 3 aromatic rings. The fourth-order valence-electron chi connectivity index (χ4n) is 5.54. The number of ether oxygens (including phenoxy) is 2. The Bertz CT molecular complexity index is 1640. The van der Waals surface area contributed by atoms with E-state index in [1.807, 2.05) is 19.9 Å². The molecular formula is C33H39Cl2N3O6S. The SMILES string of the molecule is COc1ccc(S(=O)(=O)N(CC(=O)N(Cc2ccc(Cl)c(Cl)c2)C(C)C(=O)NC2CCCC2)c2cc(C)cc(C)c2)cc1OC. The molecule has 242 valence electrons. The topological polar surface area (TPSA) is 105 Å². The molecule has 0 saturated heterocycles. The summed E-state index contributed by atoms with van der Waals surface area (Å²) in [5.74, 6) is -0.293. The van der Waals surface area contributed by atoms with E-state index >= 15 is 0 Å². The lowest BCUT2D eigenvalue weighted by molar-refractivity contribution is -0.139. The maximum atomic E-state index is 14.3. The van der Waals surface area contributed by atoms with Gasteiger partial charge in [0.1, 0.15) is 12.6 Å². The molecule has 1 saturated carbocycles. The van der Waals surface area contributed by atoms with Crippen LogP contribution in [0.1, 0.15) is 49.3 Å². The molecule has 1 atom stereocenters.